The van der Waals surface area contributed by atoms with Crippen LogP contribution in [0.3, 0.4) is 0 Å². The highest BCUT2D eigenvalue weighted by Gasteiger charge is 2.35. The lowest BCUT2D eigenvalue weighted by molar-refractivity contribution is -0.159. The Labute approximate surface area is 183 Å². The van der Waals surface area contributed by atoms with Crippen molar-refractivity contribution in [3.05, 3.63) is 53.6 Å². The van der Waals surface area contributed by atoms with Gasteiger partial charge in [0.05, 0.1) is 25.3 Å². The Morgan fingerprint density at radius 3 is 2.03 bits per heavy atom. The zero-order valence-corrected chi connectivity index (χ0v) is 17.6. The van der Waals surface area contributed by atoms with Crippen molar-refractivity contribution in [1.82, 2.24) is 0 Å². The number of hydrogen-bond donors (Lipinski definition) is 1. The fourth-order valence-corrected chi connectivity index (χ4v) is 2.97. The number of carbonyl (C=O) groups excluding carboxylic acids is 4. The molecule has 1 heterocycles. The zero-order valence-electron chi connectivity index (χ0n) is 17.6. The molecule has 1 N–H and O–H groups in total. The molecule has 0 bridgehead atoms. The van der Waals surface area contributed by atoms with E-state index in [1.807, 2.05) is 0 Å². The van der Waals surface area contributed by atoms with Crippen molar-refractivity contribution >= 4 is 29.5 Å². The summed E-state index contributed by atoms with van der Waals surface area (Å²) in [6.45, 7) is 1.03. The Morgan fingerprint density at radius 2 is 1.47 bits per heavy atom. The van der Waals surface area contributed by atoms with Crippen molar-refractivity contribution in [2.45, 2.75) is 19.1 Å². The van der Waals surface area contributed by atoms with Gasteiger partial charge in [-0.3, -0.25) is 4.79 Å². The Kier molecular flexibility index (Phi) is 6.93. The molecule has 0 fully saturated rings. The highest BCUT2D eigenvalue weighted by Crippen LogP contribution is 2.33. The van der Waals surface area contributed by atoms with E-state index in [0.29, 0.717) is 11.5 Å². The topological polar surface area (TPSA) is 126 Å². The van der Waals surface area contributed by atoms with Crippen LogP contribution in [0.25, 0.3) is 0 Å². The monoisotopic (exact) mass is 443 g/mol. The number of ether oxygens (including phenoxy) is 5. The van der Waals surface area contributed by atoms with Gasteiger partial charge in [0, 0.05) is 5.69 Å². The van der Waals surface area contributed by atoms with Crippen LogP contribution in [0.2, 0.25) is 0 Å². The summed E-state index contributed by atoms with van der Waals surface area (Å²) in [4.78, 5) is 48.4. The van der Waals surface area contributed by atoms with E-state index in [1.54, 1.807) is 31.2 Å². The van der Waals surface area contributed by atoms with E-state index < -0.39 is 42.6 Å². The van der Waals surface area contributed by atoms with E-state index >= 15 is 0 Å². The summed E-state index contributed by atoms with van der Waals surface area (Å²) in [6, 6.07) is 10.8. The molecule has 10 nitrogen and oxygen atoms in total. The predicted octanol–water partition coefficient (Wildman–Crippen LogP) is 1.97. The second-order valence-corrected chi connectivity index (χ2v) is 6.75. The maximum Gasteiger partial charge on any atom is 0.351 e. The standard InChI is InChI=1S/C22H21NO9/c1-12-19(32-17-7-5-4-6-16(17)31-12)22(27)30-11-18(24)23-15-9-13(20(25)28-2)8-14(10-15)21(26)29-3/h4-10,12,19H,11H2,1-3H3,(H,23,24). The summed E-state index contributed by atoms with van der Waals surface area (Å²) >= 11 is 0. The van der Waals surface area contributed by atoms with Gasteiger partial charge < -0.3 is 29.0 Å². The predicted molar refractivity (Wildman–Crippen MR) is 110 cm³/mol. The van der Waals surface area contributed by atoms with Gasteiger partial charge in [0.15, 0.2) is 18.1 Å². The third-order valence-electron chi connectivity index (χ3n) is 4.48. The fraction of sp³-hybridized carbons (Fsp3) is 0.273. The lowest BCUT2D eigenvalue weighted by Gasteiger charge is -2.30. The summed E-state index contributed by atoms with van der Waals surface area (Å²) in [6.07, 6.45) is -1.67. The number of fused-ring (bicyclic) bond motifs is 1. The zero-order chi connectivity index (χ0) is 23.3. The number of methoxy groups -OCH3 is 2. The third kappa shape index (κ3) is 5.15. The van der Waals surface area contributed by atoms with Crippen LogP contribution in [-0.2, 0) is 23.8 Å². The lowest BCUT2D eigenvalue weighted by Crippen LogP contribution is -2.45. The minimum absolute atomic E-state index is 0.0305. The molecule has 0 aromatic heterocycles. The average molecular weight is 443 g/mol. The quantitative estimate of drug-likeness (QED) is 0.527. The van der Waals surface area contributed by atoms with Gasteiger partial charge in [0.1, 0.15) is 6.10 Å². The van der Waals surface area contributed by atoms with Gasteiger partial charge in [-0.05, 0) is 37.3 Å². The van der Waals surface area contributed by atoms with Crippen LogP contribution in [-0.4, -0.2) is 56.8 Å². The number of amides is 1. The van der Waals surface area contributed by atoms with Gasteiger partial charge in [0.25, 0.3) is 5.91 Å². The van der Waals surface area contributed by atoms with Crippen molar-refractivity contribution in [3.8, 4) is 11.5 Å². The van der Waals surface area contributed by atoms with Gasteiger partial charge in [-0.15, -0.1) is 0 Å². The van der Waals surface area contributed by atoms with Crippen molar-refractivity contribution in [2.75, 3.05) is 26.1 Å². The molecule has 0 saturated carbocycles. The van der Waals surface area contributed by atoms with E-state index in [9.17, 15) is 19.2 Å². The third-order valence-corrected chi connectivity index (χ3v) is 4.48. The molecule has 1 aliphatic rings. The van der Waals surface area contributed by atoms with Crippen molar-refractivity contribution in [2.24, 2.45) is 0 Å². The molecule has 1 amide bonds. The van der Waals surface area contributed by atoms with Crippen LogP contribution in [0, 0.1) is 0 Å². The Balaban J connectivity index is 1.64. The number of hydrogen-bond acceptors (Lipinski definition) is 9. The number of anilines is 1. The summed E-state index contributed by atoms with van der Waals surface area (Å²) in [5.41, 5.74) is 0.180. The van der Waals surface area contributed by atoms with Crippen LogP contribution >= 0.6 is 0 Å². The molecule has 3 rings (SSSR count). The van der Waals surface area contributed by atoms with Crippen LogP contribution in [0.1, 0.15) is 27.6 Å². The number of benzene rings is 2. The first-order valence-electron chi connectivity index (χ1n) is 9.53. The van der Waals surface area contributed by atoms with Gasteiger partial charge >= 0.3 is 17.9 Å². The molecule has 10 heteroatoms. The molecule has 0 spiro atoms. The summed E-state index contributed by atoms with van der Waals surface area (Å²) in [5.74, 6) is -1.98. The van der Waals surface area contributed by atoms with Gasteiger partial charge in [-0.2, -0.15) is 0 Å². The number of nitrogens with one attached hydrogen (secondary N) is 1. The van der Waals surface area contributed by atoms with E-state index in [1.165, 1.54) is 32.4 Å². The van der Waals surface area contributed by atoms with Crippen molar-refractivity contribution in [1.29, 1.82) is 0 Å². The smallest absolute Gasteiger partial charge is 0.351 e. The molecule has 0 aliphatic carbocycles. The minimum Gasteiger partial charge on any atom is -0.482 e. The van der Waals surface area contributed by atoms with Gasteiger partial charge in [-0.1, -0.05) is 12.1 Å². The molecule has 32 heavy (non-hydrogen) atoms. The highest BCUT2D eigenvalue weighted by molar-refractivity contribution is 6.00. The number of carbonyl (C=O) groups is 4. The summed E-state index contributed by atoms with van der Waals surface area (Å²) in [7, 11) is 2.36. The van der Waals surface area contributed by atoms with Gasteiger partial charge in [-0.25, -0.2) is 14.4 Å². The maximum absolute atomic E-state index is 12.4. The first-order valence-corrected chi connectivity index (χ1v) is 9.53. The van der Waals surface area contributed by atoms with E-state index in [2.05, 4.69) is 14.8 Å². The Bertz CT molecular complexity index is 1020. The molecule has 2 unspecified atom stereocenters. The minimum atomic E-state index is -1.05. The molecular formula is C22H21NO9. The number of rotatable bonds is 6. The first-order chi connectivity index (χ1) is 15.3. The normalized spacial score (nSPS) is 16.5. The van der Waals surface area contributed by atoms with E-state index in [4.69, 9.17) is 14.2 Å². The molecule has 2 atom stereocenters. The molecule has 1 aliphatic heterocycles. The Hall–Kier alpha value is -4.08. The Morgan fingerprint density at radius 1 is 0.906 bits per heavy atom. The first kappa shape index (κ1) is 22.6. The molecule has 0 radical (unpaired) electrons. The van der Waals surface area contributed by atoms with Crippen LogP contribution < -0.4 is 14.8 Å². The largest absolute Gasteiger partial charge is 0.482 e. The summed E-state index contributed by atoms with van der Waals surface area (Å²) in [5, 5.41) is 2.46. The molecular weight excluding hydrogens is 422 g/mol. The number of esters is 3. The second-order valence-electron chi connectivity index (χ2n) is 6.75. The molecule has 2 aromatic carbocycles. The maximum atomic E-state index is 12.4. The highest BCUT2D eigenvalue weighted by atomic mass is 16.6. The van der Waals surface area contributed by atoms with Gasteiger partial charge in [0.2, 0.25) is 6.10 Å². The molecule has 168 valence electrons. The SMILES string of the molecule is COC(=O)c1cc(NC(=O)COC(=O)C2Oc3ccccc3OC2C)cc(C(=O)OC)c1. The average Bonchev–Trinajstić information content (AvgIpc) is 2.80. The van der Waals surface area contributed by atoms with Crippen LogP contribution in [0.5, 0.6) is 11.5 Å². The van der Waals surface area contributed by atoms with Crippen molar-refractivity contribution in [3.63, 3.8) is 0 Å². The lowest BCUT2D eigenvalue weighted by atomic mass is 10.1. The van der Waals surface area contributed by atoms with E-state index in [-0.39, 0.29) is 16.8 Å². The number of para-hydroxylation sites is 2. The molecule has 0 saturated heterocycles. The van der Waals surface area contributed by atoms with Crippen LogP contribution in [0.4, 0.5) is 5.69 Å². The summed E-state index contributed by atoms with van der Waals surface area (Å²) < 4.78 is 25.6. The van der Waals surface area contributed by atoms with Crippen molar-refractivity contribution < 1.29 is 42.9 Å². The fourth-order valence-electron chi connectivity index (χ4n) is 2.97. The second kappa shape index (κ2) is 9.82. The van der Waals surface area contributed by atoms with E-state index in [0.717, 1.165) is 0 Å². The molecule has 2 aromatic rings. The van der Waals surface area contributed by atoms with Crippen LogP contribution in [0.15, 0.2) is 42.5 Å².